The van der Waals surface area contributed by atoms with E-state index in [1.807, 2.05) is 24.3 Å². The number of benzene rings is 2. The Morgan fingerprint density at radius 1 is 1.03 bits per heavy atom. The van der Waals surface area contributed by atoms with Crippen molar-refractivity contribution in [1.29, 1.82) is 0 Å². The molecule has 2 aromatic carbocycles. The van der Waals surface area contributed by atoms with Crippen molar-refractivity contribution in [3.63, 3.8) is 0 Å². The number of nitrogens with one attached hydrogen (secondary N) is 2. The Bertz CT molecular complexity index is 942. The van der Waals surface area contributed by atoms with Crippen LogP contribution in [0.3, 0.4) is 0 Å². The van der Waals surface area contributed by atoms with E-state index in [1.54, 1.807) is 11.0 Å². The summed E-state index contributed by atoms with van der Waals surface area (Å²) in [5.41, 5.74) is 2.47. The third-order valence-corrected chi connectivity index (χ3v) is 4.26. The van der Waals surface area contributed by atoms with Crippen LogP contribution in [-0.2, 0) is 17.9 Å². The monoisotopic (exact) mass is 395 g/mol. The maximum atomic E-state index is 12.9. The van der Waals surface area contributed by atoms with Gasteiger partial charge in [-0.15, -0.1) is 0 Å². The highest BCUT2D eigenvalue weighted by molar-refractivity contribution is 5.94. The van der Waals surface area contributed by atoms with E-state index in [0.29, 0.717) is 38.0 Å². The molecule has 0 saturated heterocycles. The van der Waals surface area contributed by atoms with Gasteiger partial charge in [0.15, 0.2) is 0 Å². The molecule has 2 amide bonds. The maximum absolute atomic E-state index is 12.9. The van der Waals surface area contributed by atoms with Crippen molar-refractivity contribution >= 4 is 11.8 Å². The van der Waals surface area contributed by atoms with Gasteiger partial charge in [-0.25, -0.2) is 14.1 Å². The van der Waals surface area contributed by atoms with Gasteiger partial charge < -0.3 is 10.6 Å². The van der Waals surface area contributed by atoms with Crippen LogP contribution < -0.4 is 10.6 Å². The number of carbonyl (C=O) groups is 2. The third kappa shape index (κ3) is 6.53. The van der Waals surface area contributed by atoms with Crippen LogP contribution >= 0.6 is 0 Å². The van der Waals surface area contributed by atoms with Crippen molar-refractivity contribution in [2.45, 2.75) is 25.9 Å². The lowest BCUT2D eigenvalue weighted by molar-refractivity contribution is -0.121. The fraction of sp³-hybridized carbons (Fsp3) is 0.238. The number of rotatable bonds is 9. The van der Waals surface area contributed by atoms with Crippen LogP contribution in [0.1, 0.15) is 34.3 Å². The molecule has 0 saturated carbocycles. The fourth-order valence-electron chi connectivity index (χ4n) is 2.78. The van der Waals surface area contributed by atoms with Crippen LogP contribution in [0, 0.1) is 5.82 Å². The Kier molecular flexibility index (Phi) is 7.05. The van der Waals surface area contributed by atoms with Gasteiger partial charge in [0.2, 0.25) is 5.91 Å². The van der Waals surface area contributed by atoms with Gasteiger partial charge in [0.05, 0.1) is 6.54 Å². The van der Waals surface area contributed by atoms with Crippen molar-refractivity contribution in [2.75, 3.05) is 6.54 Å². The number of hydrogen-bond donors (Lipinski definition) is 2. The Morgan fingerprint density at radius 3 is 2.59 bits per heavy atom. The number of halogens is 1. The lowest BCUT2D eigenvalue weighted by Crippen LogP contribution is -2.27. The number of amides is 2. The molecular weight excluding hydrogens is 373 g/mol. The first-order chi connectivity index (χ1) is 14.1. The zero-order valence-electron chi connectivity index (χ0n) is 15.8. The Labute approximate surface area is 168 Å². The molecule has 29 heavy (non-hydrogen) atoms. The van der Waals surface area contributed by atoms with Crippen molar-refractivity contribution < 1.29 is 14.0 Å². The summed E-state index contributed by atoms with van der Waals surface area (Å²) in [5.74, 6) is -0.750. The highest BCUT2D eigenvalue weighted by Crippen LogP contribution is 2.07. The topological polar surface area (TPSA) is 88.9 Å². The van der Waals surface area contributed by atoms with Crippen LogP contribution in [0.4, 0.5) is 4.39 Å². The largest absolute Gasteiger partial charge is 0.352 e. The summed E-state index contributed by atoms with van der Waals surface area (Å²) in [4.78, 5) is 27.9. The number of nitrogens with zero attached hydrogens (tertiary/aromatic N) is 3. The first kappa shape index (κ1) is 20.2. The number of carbonyl (C=O) groups excluding carboxylic acids is 2. The van der Waals surface area contributed by atoms with Crippen molar-refractivity contribution in [1.82, 2.24) is 25.4 Å². The molecule has 0 atom stereocenters. The summed E-state index contributed by atoms with van der Waals surface area (Å²) in [7, 11) is 0. The highest BCUT2D eigenvalue weighted by Gasteiger charge is 2.06. The molecule has 0 bridgehead atoms. The highest BCUT2D eigenvalue weighted by atomic mass is 19.1. The van der Waals surface area contributed by atoms with Crippen LogP contribution in [0.25, 0.3) is 0 Å². The van der Waals surface area contributed by atoms with E-state index in [0.717, 1.165) is 11.1 Å². The average Bonchev–Trinajstić information content (AvgIpc) is 3.23. The van der Waals surface area contributed by atoms with E-state index in [4.69, 9.17) is 0 Å². The summed E-state index contributed by atoms with van der Waals surface area (Å²) < 4.78 is 14.6. The van der Waals surface area contributed by atoms with E-state index in [2.05, 4.69) is 20.7 Å². The molecule has 0 radical (unpaired) electrons. The molecule has 150 valence electrons. The zero-order valence-corrected chi connectivity index (χ0v) is 15.8. The minimum atomic E-state index is -0.387. The smallest absolute Gasteiger partial charge is 0.251 e. The molecule has 8 heteroatoms. The molecule has 0 spiro atoms. The van der Waals surface area contributed by atoms with E-state index in [1.165, 1.54) is 30.6 Å². The van der Waals surface area contributed by atoms with Gasteiger partial charge in [0.1, 0.15) is 18.5 Å². The van der Waals surface area contributed by atoms with Crippen molar-refractivity contribution in [3.05, 3.63) is 83.7 Å². The molecule has 0 fully saturated rings. The van der Waals surface area contributed by atoms with Gasteiger partial charge >= 0.3 is 0 Å². The van der Waals surface area contributed by atoms with Crippen molar-refractivity contribution in [2.24, 2.45) is 0 Å². The fourth-order valence-corrected chi connectivity index (χ4v) is 2.78. The molecule has 0 aliphatic rings. The summed E-state index contributed by atoms with van der Waals surface area (Å²) in [5, 5.41) is 9.69. The predicted molar refractivity (Wildman–Crippen MR) is 105 cm³/mol. The molecule has 1 heterocycles. The standard InChI is InChI=1S/C21H22FN5O2/c22-19-8-6-18(7-9-19)21(29)24-10-2-5-20(28)25-12-16-3-1-4-17(11-16)13-27-15-23-14-26-27/h1,3-4,6-9,11,14-15H,2,5,10,12-13H2,(H,24,29)(H,25,28). The molecule has 0 unspecified atom stereocenters. The van der Waals surface area contributed by atoms with Gasteiger partial charge in [-0.3, -0.25) is 9.59 Å². The van der Waals surface area contributed by atoms with Crippen LogP contribution in [-0.4, -0.2) is 33.1 Å². The van der Waals surface area contributed by atoms with Gasteiger partial charge in [0.25, 0.3) is 5.91 Å². The van der Waals surface area contributed by atoms with E-state index in [-0.39, 0.29) is 17.6 Å². The minimum Gasteiger partial charge on any atom is -0.352 e. The minimum absolute atomic E-state index is 0.0808. The normalized spacial score (nSPS) is 10.5. The predicted octanol–water partition coefficient (Wildman–Crippen LogP) is 2.29. The Balaban J connectivity index is 1.35. The summed E-state index contributed by atoms with van der Waals surface area (Å²) in [6, 6.07) is 13.2. The summed E-state index contributed by atoms with van der Waals surface area (Å²) >= 11 is 0. The number of aromatic nitrogens is 3. The Hall–Kier alpha value is -3.55. The first-order valence-electron chi connectivity index (χ1n) is 9.31. The molecular formula is C21H22FN5O2. The van der Waals surface area contributed by atoms with E-state index >= 15 is 0 Å². The molecule has 7 nitrogen and oxygen atoms in total. The lowest BCUT2D eigenvalue weighted by atomic mass is 10.1. The molecule has 3 aromatic rings. The van der Waals surface area contributed by atoms with Gasteiger partial charge in [-0.2, -0.15) is 5.10 Å². The quantitative estimate of drug-likeness (QED) is 0.544. The summed E-state index contributed by atoms with van der Waals surface area (Å²) in [6.07, 6.45) is 3.98. The van der Waals surface area contributed by atoms with Crippen LogP contribution in [0.15, 0.2) is 61.2 Å². The van der Waals surface area contributed by atoms with E-state index < -0.39 is 0 Å². The van der Waals surface area contributed by atoms with Gasteiger partial charge in [0, 0.05) is 25.1 Å². The van der Waals surface area contributed by atoms with Gasteiger partial charge in [-0.05, 0) is 41.8 Å². The summed E-state index contributed by atoms with van der Waals surface area (Å²) in [6.45, 7) is 1.43. The molecule has 2 N–H and O–H groups in total. The molecule has 0 aliphatic heterocycles. The molecule has 0 aliphatic carbocycles. The van der Waals surface area contributed by atoms with Gasteiger partial charge in [-0.1, -0.05) is 24.3 Å². The van der Waals surface area contributed by atoms with Crippen LogP contribution in [0.2, 0.25) is 0 Å². The average molecular weight is 395 g/mol. The second-order valence-electron chi connectivity index (χ2n) is 6.56. The maximum Gasteiger partial charge on any atom is 0.251 e. The molecule has 1 aromatic heterocycles. The SMILES string of the molecule is O=C(CCCNC(=O)c1ccc(F)cc1)NCc1cccc(Cn2cncn2)c1. The first-order valence-corrected chi connectivity index (χ1v) is 9.31. The Morgan fingerprint density at radius 2 is 1.83 bits per heavy atom. The lowest BCUT2D eigenvalue weighted by Gasteiger charge is -2.08. The third-order valence-electron chi connectivity index (χ3n) is 4.26. The van der Waals surface area contributed by atoms with E-state index in [9.17, 15) is 14.0 Å². The zero-order chi connectivity index (χ0) is 20.5. The van der Waals surface area contributed by atoms with Crippen molar-refractivity contribution in [3.8, 4) is 0 Å². The molecule has 3 rings (SSSR count). The van der Waals surface area contributed by atoms with Crippen LogP contribution in [0.5, 0.6) is 0 Å². The second kappa shape index (κ2) is 10.1. The second-order valence-corrected chi connectivity index (χ2v) is 6.56. The number of hydrogen-bond acceptors (Lipinski definition) is 4.